The third-order valence-corrected chi connectivity index (χ3v) is 4.66. The van der Waals surface area contributed by atoms with E-state index in [1.54, 1.807) is 0 Å². The molecule has 1 heterocycles. The van der Waals surface area contributed by atoms with E-state index in [4.69, 9.17) is 4.74 Å². The highest BCUT2D eigenvalue weighted by atomic mass is 16.5. The molecule has 0 radical (unpaired) electrons. The van der Waals surface area contributed by atoms with Crippen molar-refractivity contribution in [1.82, 2.24) is 10.2 Å². The molecular weight excluding hydrogens is 288 g/mol. The highest BCUT2D eigenvalue weighted by Crippen LogP contribution is 2.30. The Morgan fingerprint density at radius 2 is 1.96 bits per heavy atom. The fourth-order valence-electron chi connectivity index (χ4n) is 3.22. The summed E-state index contributed by atoms with van der Waals surface area (Å²) in [5.41, 5.74) is 3.76. The van der Waals surface area contributed by atoms with E-state index in [2.05, 4.69) is 38.2 Å². The second-order valence-electron chi connectivity index (χ2n) is 6.48. The molecule has 1 aliphatic heterocycles. The quantitative estimate of drug-likeness (QED) is 0.876. The number of carbonyl (C=O) groups excluding carboxylic acids is 1. The standard InChI is InChI=1S/C19H30N2O2/c1-5-23-18-13-15(3)17(12-16(18)4)14(2)6-7-19(22)21-10-8-20-9-11-21/h12-14,20H,5-11H2,1-4H3. The van der Waals surface area contributed by atoms with Gasteiger partial charge < -0.3 is 15.0 Å². The minimum absolute atomic E-state index is 0.290. The van der Waals surface area contributed by atoms with Crippen LogP contribution in [0.25, 0.3) is 0 Å². The van der Waals surface area contributed by atoms with Gasteiger partial charge in [0, 0.05) is 32.6 Å². The topological polar surface area (TPSA) is 41.6 Å². The van der Waals surface area contributed by atoms with Gasteiger partial charge in [-0.05, 0) is 55.9 Å². The Bertz CT molecular complexity index is 536. The van der Waals surface area contributed by atoms with Crippen LogP contribution in [-0.4, -0.2) is 43.6 Å². The highest BCUT2D eigenvalue weighted by Gasteiger charge is 2.18. The van der Waals surface area contributed by atoms with Gasteiger partial charge in [-0.1, -0.05) is 13.0 Å². The zero-order valence-electron chi connectivity index (χ0n) is 14.9. The van der Waals surface area contributed by atoms with Crippen molar-refractivity contribution < 1.29 is 9.53 Å². The summed E-state index contributed by atoms with van der Waals surface area (Å²) in [5, 5.41) is 3.28. The number of hydrogen-bond donors (Lipinski definition) is 1. The molecule has 0 aromatic heterocycles. The number of ether oxygens (including phenoxy) is 1. The Hall–Kier alpha value is -1.55. The van der Waals surface area contributed by atoms with Crippen LogP contribution in [0, 0.1) is 13.8 Å². The van der Waals surface area contributed by atoms with Crippen LogP contribution in [0.3, 0.4) is 0 Å². The summed E-state index contributed by atoms with van der Waals surface area (Å²) >= 11 is 0. The van der Waals surface area contributed by atoms with Crippen LogP contribution in [0.1, 0.15) is 49.3 Å². The number of rotatable bonds is 6. The van der Waals surface area contributed by atoms with Gasteiger partial charge in [0.15, 0.2) is 0 Å². The zero-order chi connectivity index (χ0) is 16.8. The maximum Gasteiger partial charge on any atom is 0.222 e. The number of aryl methyl sites for hydroxylation is 2. The molecule has 4 heteroatoms. The number of carbonyl (C=O) groups is 1. The maximum absolute atomic E-state index is 12.3. The molecule has 1 unspecified atom stereocenters. The van der Waals surface area contributed by atoms with Crippen molar-refractivity contribution in [3.63, 3.8) is 0 Å². The summed E-state index contributed by atoms with van der Waals surface area (Å²) in [7, 11) is 0. The summed E-state index contributed by atoms with van der Waals surface area (Å²) in [6, 6.07) is 4.35. The summed E-state index contributed by atoms with van der Waals surface area (Å²) in [5.74, 6) is 1.65. The van der Waals surface area contributed by atoms with Crippen molar-refractivity contribution in [3.05, 3.63) is 28.8 Å². The van der Waals surface area contributed by atoms with E-state index in [-0.39, 0.29) is 0 Å². The van der Waals surface area contributed by atoms with Crippen LogP contribution >= 0.6 is 0 Å². The van der Waals surface area contributed by atoms with Crippen molar-refractivity contribution in [2.24, 2.45) is 0 Å². The maximum atomic E-state index is 12.3. The molecule has 0 spiro atoms. The Kier molecular flexibility index (Phi) is 6.46. The predicted molar refractivity (Wildman–Crippen MR) is 94.2 cm³/mol. The van der Waals surface area contributed by atoms with Crippen LogP contribution in [0.2, 0.25) is 0 Å². The molecule has 1 aliphatic rings. The summed E-state index contributed by atoms with van der Waals surface area (Å²) in [6.07, 6.45) is 1.53. The van der Waals surface area contributed by atoms with Gasteiger partial charge in [-0.15, -0.1) is 0 Å². The lowest BCUT2D eigenvalue weighted by molar-refractivity contribution is -0.131. The lowest BCUT2D eigenvalue weighted by Crippen LogP contribution is -2.46. The van der Waals surface area contributed by atoms with Crippen LogP contribution in [-0.2, 0) is 4.79 Å². The van der Waals surface area contributed by atoms with E-state index < -0.39 is 0 Å². The first-order valence-electron chi connectivity index (χ1n) is 8.75. The summed E-state index contributed by atoms with van der Waals surface area (Å²) in [6.45, 7) is 12.6. The molecule has 1 amide bonds. The molecule has 1 aromatic rings. The van der Waals surface area contributed by atoms with Crippen LogP contribution in [0.15, 0.2) is 12.1 Å². The van der Waals surface area contributed by atoms with Gasteiger partial charge in [0.05, 0.1) is 6.61 Å². The molecular formula is C19H30N2O2. The Morgan fingerprint density at radius 1 is 1.26 bits per heavy atom. The smallest absolute Gasteiger partial charge is 0.222 e. The third-order valence-electron chi connectivity index (χ3n) is 4.66. The van der Waals surface area contributed by atoms with Gasteiger partial charge in [0.1, 0.15) is 5.75 Å². The Labute approximate surface area is 140 Å². The van der Waals surface area contributed by atoms with Gasteiger partial charge in [0.2, 0.25) is 5.91 Å². The number of nitrogens with zero attached hydrogens (tertiary/aromatic N) is 1. The molecule has 0 bridgehead atoms. The van der Waals surface area contributed by atoms with Gasteiger partial charge in [-0.2, -0.15) is 0 Å². The molecule has 1 aromatic carbocycles. The molecule has 2 rings (SSSR count). The van der Waals surface area contributed by atoms with Gasteiger partial charge in [-0.3, -0.25) is 4.79 Å². The van der Waals surface area contributed by atoms with E-state index in [0.717, 1.165) is 38.3 Å². The SMILES string of the molecule is CCOc1cc(C)c(C(C)CCC(=O)N2CCNCC2)cc1C. The second kappa shape index (κ2) is 8.34. The number of benzene rings is 1. The van der Waals surface area contributed by atoms with Gasteiger partial charge in [-0.25, -0.2) is 0 Å². The first-order valence-corrected chi connectivity index (χ1v) is 8.75. The third kappa shape index (κ3) is 4.71. The van der Waals surface area contributed by atoms with Crippen LogP contribution < -0.4 is 10.1 Å². The number of amides is 1. The first kappa shape index (κ1) is 17.8. The minimum Gasteiger partial charge on any atom is -0.494 e. The van der Waals surface area contributed by atoms with Gasteiger partial charge >= 0.3 is 0 Å². The van der Waals surface area contributed by atoms with E-state index in [0.29, 0.717) is 24.9 Å². The molecule has 23 heavy (non-hydrogen) atoms. The van der Waals surface area contributed by atoms with Crippen molar-refractivity contribution in [2.45, 2.75) is 46.5 Å². The fraction of sp³-hybridized carbons (Fsp3) is 0.632. The minimum atomic E-state index is 0.290. The van der Waals surface area contributed by atoms with E-state index in [1.165, 1.54) is 16.7 Å². The largest absolute Gasteiger partial charge is 0.494 e. The number of hydrogen-bond acceptors (Lipinski definition) is 3. The average Bonchev–Trinajstić information content (AvgIpc) is 2.56. The average molecular weight is 318 g/mol. The van der Waals surface area contributed by atoms with Crippen LogP contribution in [0.5, 0.6) is 5.75 Å². The molecule has 1 N–H and O–H groups in total. The molecule has 4 nitrogen and oxygen atoms in total. The van der Waals surface area contributed by atoms with Crippen molar-refractivity contribution in [2.75, 3.05) is 32.8 Å². The molecule has 1 fully saturated rings. The molecule has 1 saturated heterocycles. The highest BCUT2D eigenvalue weighted by molar-refractivity contribution is 5.76. The molecule has 128 valence electrons. The van der Waals surface area contributed by atoms with E-state index in [1.807, 2.05) is 11.8 Å². The van der Waals surface area contributed by atoms with Crippen molar-refractivity contribution in [1.29, 1.82) is 0 Å². The Morgan fingerprint density at radius 3 is 2.61 bits per heavy atom. The second-order valence-corrected chi connectivity index (χ2v) is 6.48. The lowest BCUT2D eigenvalue weighted by atomic mass is 9.90. The summed E-state index contributed by atoms with van der Waals surface area (Å²) < 4.78 is 5.66. The first-order chi connectivity index (χ1) is 11.0. The molecule has 0 aliphatic carbocycles. The lowest BCUT2D eigenvalue weighted by Gasteiger charge is -2.28. The number of piperazine rings is 1. The van der Waals surface area contributed by atoms with Gasteiger partial charge in [0.25, 0.3) is 0 Å². The monoisotopic (exact) mass is 318 g/mol. The summed E-state index contributed by atoms with van der Waals surface area (Å²) in [4.78, 5) is 14.3. The normalized spacial score (nSPS) is 16.3. The van der Waals surface area contributed by atoms with E-state index in [9.17, 15) is 4.79 Å². The van der Waals surface area contributed by atoms with Crippen LogP contribution in [0.4, 0.5) is 0 Å². The fourth-order valence-corrected chi connectivity index (χ4v) is 3.22. The van der Waals surface area contributed by atoms with Crippen molar-refractivity contribution >= 4 is 5.91 Å². The zero-order valence-corrected chi connectivity index (χ0v) is 14.9. The molecule has 1 atom stereocenters. The number of nitrogens with one attached hydrogen (secondary N) is 1. The van der Waals surface area contributed by atoms with E-state index >= 15 is 0 Å². The van der Waals surface area contributed by atoms with Crippen molar-refractivity contribution in [3.8, 4) is 5.75 Å². The molecule has 0 saturated carbocycles. The predicted octanol–water partition coefficient (Wildman–Crippen LogP) is 3.02. The Balaban J connectivity index is 1.96.